The van der Waals surface area contributed by atoms with Gasteiger partial charge in [0, 0.05) is 22.0 Å². The van der Waals surface area contributed by atoms with Crippen molar-refractivity contribution in [2.75, 3.05) is 12.9 Å². The maximum absolute atomic E-state index is 12.1. The lowest BCUT2D eigenvalue weighted by atomic mass is 10.2. The van der Waals surface area contributed by atoms with Crippen molar-refractivity contribution in [3.8, 4) is 11.5 Å². The number of thioether (sulfide) groups is 1. The van der Waals surface area contributed by atoms with E-state index in [9.17, 15) is 4.79 Å². The summed E-state index contributed by atoms with van der Waals surface area (Å²) in [5.41, 5.74) is 5.89. The van der Waals surface area contributed by atoms with E-state index in [0.29, 0.717) is 28.3 Å². The van der Waals surface area contributed by atoms with Gasteiger partial charge in [0.1, 0.15) is 6.61 Å². The van der Waals surface area contributed by atoms with Crippen LogP contribution in [0.15, 0.2) is 52.7 Å². The first-order valence-electron chi connectivity index (χ1n) is 9.86. The Morgan fingerprint density at radius 1 is 1.21 bits per heavy atom. The second kappa shape index (κ2) is 12.2. The van der Waals surface area contributed by atoms with E-state index in [1.807, 2.05) is 50.2 Å². The Balaban J connectivity index is 1.59. The summed E-state index contributed by atoms with van der Waals surface area (Å²) in [5.74, 6) is 1.09. The molecule has 0 radical (unpaired) electrons. The highest BCUT2D eigenvalue weighted by Gasteiger charge is 2.12. The second-order valence-corrected chi connectivity index (χ2v) is 9.44. The number of hydrazone groups is 1. The molecule has 0 saturated carbocycles. The zero-order valence-corrected chi connectivity index (χ0v) is 22.0. The van der Waals surface area contributed by atoms with Crippen LogP contribution in [0.4, 0.5) is 0 Å². The van der Waals surface area contributed by atoms with Crippen LogP contribution in [0.5, 0.6) is 11.5 Å². The van der Waals surface area contributed by atoms with Gasteiger partial charge in [-0.25, -0.2) is 15.4 Å². The zero-order chi connectivity index (χ0) is 23.8. The number of nitrogens with zero attached hydrogens (tertiary/aromatic N) is 3. The van der Waals surface area contributed by atoms with E-state index in [0.717, 1.165) is 26.1 Å². The molecule has 1 amide bonds. The van der Waals surface area contributed by atoms with E-state index in [2.05, 4.69) is 43.1 Å². The van der Waals surface area contributed by atoms with Gasteiger partial charge in [-0.2, -0.15) is 5.10 Å². The molecule has 172 valence electrons. The van der Waals surface area contributed by atoms with E-state index in [1.165, 1.54) is 11.8 Å². The average molecular weight is 597 g/mol. The van der Waals surface area contributed by atoms with Crippen molar-refractivity contribution in [1.82, 2.24) is 15.4 Å². The molecule has 0 fully saturated rings. The standard InChI is InChI=1S/C23H22ClIN4O3S/c1-14-8-15(2)28-23(27-14)33-13-21(30)29-26-11-16-9-19(25)22(20(10-16)31-3)32-12-17-6-4-5-7-18(17)24/h4-11H,12-13H2,1-3H3,(H,29,30)/b26-11-. The smallest absolute Gasteiger partial charge is 0.250 e. The number of hydrogen-bond donors (Lipinski definition) is 1. The molecule has 3 aromatic rings. The van der Waals surface area contributed by atoms with E-state index >= 15 is 0 Å². The molecular weight excluding hydrogens is 575 g/mol. The Hall–Kier alpha value is -2.37. The van der Waals surface area contributed by atoms with Crippen molar-refractivity contribution in [2.24, 2.45) is 5.10 Å². The third-order valence-electron chi connectivity index (χ3n) is 4.28. The third-order valence-corrected chi connectivity index (χ3v) is 6.30. The number of rotatable bonds is 9. The number of amides is 1. The topological polar surface area (TPSA) is 85.7 Å². The summed E-state index contributed by atoms with van der Waals surface area (Å²) in [7, 11) is 1.57. The Morgan fingerprint density at radius 3 is 2.64 bits per heavy atom. The number of aromatic nitrogens is 2. The Labute approximate surface area is 215 Å². The lowest BCUT2D eigenvalue weighted by Gasteiger charge is -2.14. The molecule has 33 heavy (non-hydrogen) atoms. The highest BCUT2D eigenvalue weighted by molar-refractivity contribution is 14.1. The molecule has 0 atom stereocenters. The first kappa shape index (κ1) is 25.3. The number of methoxy groups -OCH3 is 1. The SMILES string of the molecule is COc1cc(/C=N\NC(=O)CSc2nc(C)cc(C)n2)cc(I)c1OCc1ccccc1Cl. The number of halogens is 2. The summed E-state index contributed by atoms with van der Waals surface area (Å²) in [5, 5.41) is 5.26. The van der Waals surface area contributed by atoms with E-state index in [4.69, 9.17) is 21.1 Å². The maximum Gasteiger partial charge on any atom is 0.250 e. The van der Waals surface area contributed by atoms with Crippen molar-refractivity contribution in [3.05, 3.63) is 73.6 Å². The quantitative estimate of drug-likeness (QED) is 0.120. The van der Waals surface area contributed by atoms with Crippen molar-refractivity contribution in [1.29, 1.82) is 0 Å². The van der Waals surface area contributed by atoms with Gasteiger partial charge in [0.25, 0.3) is 5.91 Å². The number of hydrogen-bond acceptors (Lipinski definition) is 7. The molecule has 3 rings (SSSR count). The van der Waals surface area contributed by atoms with Crippen LogP contribution in [0.3, 0.4) is 0 Å². The van der Waals surface area contributed by atoms with E-state index in [-0.39, 0.29) is 11.7 Å². The predicted octanol–water partition coefficient (Wildman–Crippen LogP) is 5.18. The first-order chi connectivity index (χ1) is 15.9. The predicted molar refractivity (Wildman–Crippen MR) is 139 cm³/mol. The molecule has 0 aliphatic heterocycles. The number of carbonyl (C=O) groups is 1. The number of aryl methyl sites for hydroxylation is 2. The monoisotopic (exact) mass is 596 g/mol. The van der Waals surface area contributed by atoms with E-state index < -0.39 is 0 Å². The molecule has 7 nitrogen and oxygen atoms in total. The van der Waals surface area contributed by atoms with Crippen LogP contribution in [0.1, 0.15) is 22.5 Å². The molecule has 1 heterocycles. The lowest BCUT2D eigenvalue weighted by molar-refractivity contribution is -0.118. The molecule has 0 aliphatic carbocycles. The Kier molecular flexibility index (Phi) is 9.33. The van der Waals surface area contributed by atoms with Gasteiger partial charge in [0.2, 0.25) is 0 Å². The maximum atomic E-state index is 12.1. The van der Waals surface area contributed by atoms with E-state index in [1.54, 1.807) is 19.4 Å². The highest BCUT2D eigenvalue weighted by Crippen LogP contribution is 2.34. The summed E-state index contributed by atoms with van der Waals surface area (Å²) in [6.45, 7) is 4.11. The van der Waals surface area contributed by atoms with Gasteiger partial charge >= 0.3 is 0 Å². The molecule has 2 aromatic carbocycles. The normalized spacial score (nSPS) is 10.9. The highest BCUT2D eigenvalue weighted by atomic mass is 127. The van der Waals surface area contributed by atoms with Gasteiger partial charge < -0.3 is 9.47 Å². The molecule has 0 saturated heterocycles. The molecule has 0 unspecified atom stereocenters. The van der Waals surface area contributed by atoms with Gasteiger partial charge in [-0.05, 0) is 66.3 Å². The molecular formula is C23H22ClIN4O3S. The summed E-state index contributed by atoms with van der Waals surface area (Å²) in [6.07, 6.45) is 1.55. The van der Waals surface area contributed by atoms with Crippen molar-refractivity contribution >= 4 is 58.1 Å². The van der Waals surface area contributed by atoms with Gasteiger partial charge in [0.05, 0.1) is 22.6 Å². The van der Waals surface area contributed by atoms with Crippen LogP contribution >= 0.6 is 46.0 Å². The molecule has 10 heteroatoms. The first-order valence-corrected chi connectivity index (χ1v) is 12.3. The number of nitrogens with one attached hydrogen (secondary N) is 1. The van der Waals surface area contributed by atoms with Crippen LogP contribution in [0.2, 0.25) is 5.02 Å². The minimum Gasteiger partial charge on any atom is -0.493 e. The fourth-order valence-corrected chi connectivity index (χ4v) is 4.53. The summed E-state index contributed by atoms with van der Waals surface area (Å²) >= 11 is 9.64. The van der Waals surface area contributed by atoms with Crippen LogP contribution in [0, 0.1) is 17.4 Å². The van der Waals surface area contributed by atoms with Crippen LogP contribution in [0.25, 0.3) is 0 Å². The van der Waals surface area contributed by atoms with Gasteiger partial charge in [-0.15, -0.1) is 0 Å². The summed E-state index contributed by atoms with van der Waals surface area (Å²) in [6, 6.07) is 13.1. The second-order valence-electron chi connectivity index (χ2n) is 6.93. The largest absolute Gasteiger partial charge is 0.493 e. The zero-order valence-electron chi connectivity index (χ0n) is 18.3. The minimum atomic E-state index is -0.250. The summed E-state index contributed by atoms with van der Waals surface area (Å²) in [4.78, 5) is 20.7. The van der Waals surface area contributed by atoms with Crippen molar-refractivity contribution in [3.63, 3.8) is 0 Å². The molecule has 0 bridgehead atoms. The van der Waals surface area contributed by atoms with Crippen molar-refractivity contribution in [2.45, 2.75) is 25.6 Å². The fourth-order valence-electron chi connectivity index (χ4n) is 2.82. The molecule has 0 aliphatic rings. The van der Waals surface area contributed by atoms with Crippen LogP contribution in [-0.4, -0.2) is 35.0 Å². The van der Waals surface area contributed by atoms with Crippen LogP contribution in [-0.2, 0) is 11.4 Å². The third kappa shape index (κ3) is 7.58. The molecule has 1 aromatic heterocycles. The number of carbonyl (C=O) groups excluding carboxylic acids is 1. The Bertz CT molecular complexity index is 1160. The lowest BCUT2D eigenvalue weighted by Crippen LogP contribution is -2.19. The average Bonchev–Trinajstić information content (AvgIpc) is 2.77. The van der Waals surface area contributed by atoms with Crippen LogP contribution < -0.4 is 14.9 Å². The van der Waals surface area contributed by atoms with Crippen molar-refractivity contribution < 1.29 is 14.3 Å². The molecule has 0 spiro atoms. The summed E-state index contributed by atoms with van der Waals surface area (Å²) < 4.78 is 12.3. The van der Waals surface area contributed by atoms with Gasteiger partial charge in [0.15, 0.2) is 16.7 Å². The fraction of sp³-hybridized carbons (Fsp3) is 0.217. The number of ether oxygens (including phenoxy) is 2. The van der Waals surface area contributed by atoms with Gasteiger partial charge in [-0.1, -0.05) is 41.6 Å². The Morgan fingerprint density at radius 2 is 1.94 bits per heavy atom. The van der Waals surface area contributed by atoms with Gasteiger partial charge in [-0.3, -0.25) is 4.79 Å². The number of benzene rings is 2. The minimum absolute atomic E-state index is 0.163. The molecule has 1 N–H and O–H groups in total.